The molecule has 1 fully saturated rings. The van der Waals surface area contributed by atoms with Gasteiger partial charge in [0.15, 0.2) is 11.5 Å². The highest BCUT2D eigenvalue weighted by molar-refractivity contribution is 5.93. The van der Waals surface area contributed by atoms with Gasteiger partial charge < -0.3 is 20.1 Å². The summed E-state index contributed by atoms with van der Waals surface area (Å²) in [4.78, 5) is 12.2. The molecule has 5 heteroatoms. The molecule has 1 aromatic rings. The predicted octanol–water partition coefficient (Wildman–Crippen LogP) is 2.81. The quantitative estimate of drug-likeness (QED) is 0.775. The molecule has 0 aromatic heterocycles. The van der Waals surface area contributed by atoms with Crippen LogP contribution in [0.25, 0.3) is 0 Å². The number of carbonyl (C=O) groups excluding carboxylic acids is 1. The van der Waals surface area contributed by atoms with Crippen LogP contribution in [0.2, 0.25) is 0 Å². The minimum Gasteiger partial charge on any atom is -0.490 e. The predicted molar refractivity (Wildman–Crippen MR) is 87.6 cm³/mol. The first-order chi connectivity index (χ1) is 10.7. The maximum absolute atomic E-state index is 12.2. The summed E-state index contributed by atoms with van der Waals surface area (Å²) in [6, 6.07) is 5.58. The standard InChI is InChI=1S/C17H26N2O3/c1-3-9-21-15-6-5-14(11-16(15)22-10-4-2)19-17(20)13-7-8-18-12-13/h5-6,11,13,18H,3-4,7-10,12H2,1-2H3,(H,19,20). The second-order valence-electron chi connectivity index (χ2n) is 5.54. The Morgan fingerprint density at radius 1 is 1.23 bits per heavy atom. The topological polar surface area (TPSA) is 59.6 Å². The minimum atomic E-state index is 0.0519. The van der Waals surface area contributed by atoms with Crippen LogP contribution in [0.15, 0.2) is 18.2 Å². The number of nitrogens with one attached hydrogen (secondary N) is 2. The molecule has 1 aromatic carbocycles. The van der Waals surface area contributed by atoms with E-state index in [4.69, 9.17) is 9.47 Å². The summed E-state index contributed by atoms with van der Waals surface area (Å²) >= 11 is 0. The fraction of sp³-hybridized carbons (Fsp3) is 0.588. The number of hydrogen-bond acceptors (Lipinski definition) is 4. The summed E-state index contributed by atoms with van der Waals surface area (Å²) < 4.78 is 11.4. The summed E-state index contributed by atoms with van der Waals surface area (Å²) in [7, 11) is 0. The van der Waals surface area contributed by atoms with Gasteiger partial charge in [-0.1, -0.05) is 13.8 Å². The second-order valence-corrected chi connectivity index (χ2v) is 5.54. The van der Waals surface area contributed by atoms with Gasteiger partial charge in [0, 0.05) is 18.3 Å². The van der Waals surface area contributed by atoms with E-state index in [1.54, 1.807) is 0 Å². The third-order valence-corrected chi connectivity index (χ3v) is 3.57. The first-order valence-electron chi connectivity index (χ1n) is 8.15. The van der Waals surface area contributed by atoms with Crippen molar-refractivity contribution in [3.8, 4) is 11.5 Å². The van der Waals surface area contributed by atoms with Crippen LogP contribution in [0.4, 0.5) is 5.69 Å². The number of ether oxygens (including phenoxy) is 2. The molecule has 0 radical (unpaired) electrons. The zero-order valence-corrected chi connectivity index (χ0v) is 13.5. The van der Waals surface area contributed by atoms with Crippen LogP contribution in [-0.4, -0.2) is 32.2 Å². The summed E-state index contributed by atoms with van der Waals surface area (Å²) in [5, 5.41) is 6.17. The molecule has 1 aliphatic rings. The Morgan fingerprint density at radius 2 is 1.95 bits per heavy atom. The van der Waals surface area contributed by atoms with Gasteiger partial charge >= 0.3 is 0 Å². The van der Waals surface area contributed by atoms with Gasteiger partial charge in [0.05, 0.1) is 19.1 Å². The molecule has 1 amide bonds. The zero-order valence-electron chi connectivity index (χ0n) is 13.5. The van der Waals surface area contributed by atoms with Crippen molar-refractivity contribution >= 4 is 11.6 Å². The highest BCUT2D eigenvalue weighted by atomic mass is 16.5. The smallest absolute Gasteiger partial charge is 0.228 e. The monoisotopic (exact) mass is 306 g/mol. The van der Waals surface area contributed by atoms with Gasteiger partial charge in [-0.3, -0.25) is 4.79 Å². The molecular formula is C17H26N2O3. The lowest BCUT2D eigenvalue weighted by atomic mass is 10.1. The molecule has 0 saturated carbocycles. The maximum atomic E-state index is 12.2. The van der Waals surface area contributed by atoms with Crippen LogP contribution in [0.5, 0.6) is 11.5 Å². The SMILES string of the molecule is CCCOc1ccc(NC(=O)C2CCNC2)cc1OCCC. The van der Waals surface area contributed by atoms with Crippen LogP contribution in [0.3, 0.4) is 0 Å². The van der Waals surface area contributed by atoms with Gasteiger partial charge in [-0.2, -0.15) is 0 Å². The van der Waals surface area contributed by atoms with E-state index in [1.165, 1.54) is 0 Å². The molecule has 1 unspecified atom stereocenters. The molecule has 122 valence electrons. The number of carbonyl (C=O) groups is 1. The highest BCUT2D eigenvalue weighted by Crippen LogP contribution is 2.31. The van der Waals surface area contributed by atoms with Crippen molar-refractivity contribution in [2.45, 2.75) is 33.1 Å². The van der Waals surface area contributed by atoms with Crippen molar-refractivity contribution in [1.29, 1.82) is 0 Å². The van der Waals surface area contributed by atoms with Gasteiger partial charge in [0.25, 0.3) is 0 Å². The molecule has 1 saturated heterocycles. The molecule has 1 atom stereocenters. The van der Waals surface area contributed by atoms with E-state index in [-0.39, 0.29) is 11.8 Å². The number of benzene rings is 1. The van der Waals surface area contributed by atoms with E-state index < -0.39 is 0 Å². The fourth-order valence-corrected chi connectivity index (χ4v) is 2.36. The van der Waals surface area contributed by atoms with Crippen LogP contribution >= 0.6 is 0 Å². The molecule has 22 heavy (non-hydrogen) atoms. The van der Waals surface area contributed by atoms with E-state index in [9.17, 15) is 4.79 Å². The number of anilines is 1. The van der Waals surface area contributed by atoms with E-state index in [0.29, 0.717) is 19.0 Å². The Hall–Kier alpha value is -1.75. The summed E-state index contributed by atoms with van der Waals surface area (Å²) in [6.07, 6.45) is 2.76. The Morgan fingerprint density at radius 3 is 2.59 bits per heavy atom. The normalized spacial score (nSPS) is 17.3. The van der Waals surface area contributed by atoms with Crippen molar-refractivity contribution in [2.24, 2.45) is 5.92 Å². The third-order valence-electron chi connectivity index (χ3n) is 3.57. The highest BCUT2D eigenvalue weighted by Gasteiger charge is 2.22. The van der Waals surface area contributed by atoms with Crippen LogP contribution < -0.4 is 20.1 Å². The van der Waals surface area contributed by atoms with Gasteiger partial charge in [0.2, 0.25) is 5.91 Å². The summed E-state index contributed by atoms with van der Waals surface area (Å²) in [6.45, 7) is 7.08. The van der Waals surface area contributed by atoms with E-state index in [2.05, 4.69) is 24.5 Å². The second kappa shape index (κ2) is 8.63. The molecule has 1 aliphatic heterocycles. The van der Waals surface area contributed by atoms with Crippen molar-refractivity contribution in [3.05, 3.63) is 18.2 Å². The lowest BCUT2D eigenvalue weighted by molar-refractivity contribution is -0.119. The van der Waals surface area contributed by atoms with Crippen molar-refractivity contribution in [2.75, 3.05) is 31.6 Å². The zero-order chi connectivity index (χ0) is 15.8. The average molecular weight is 306 g/mol. The first-order valence-corrected chi connectivity index (χ1v) is 8.15. The van der Waals surface area contributed by atoms with E-state index in [0.717, 1.165) is 43.8 Å². The number of hydrogen-bond donors (Lipinski definition) is 2. The molecule has 1 heterocycles. The largest absolute Gasteiger partial charge is 0.490 e. The van der Waals surface area contributed by atoms with Crippen LogP contribution in [0, 0.1) is 5.92 Å². The van der Waals surface area contributed by atoms with E-state index in [1.807, 2.05) is 18.2 Å². The molecule has 0 aliphatic carbocycles. The Labute approximate surface area is 132 Å². The van der Waals surface area contributed by atoms with Gasteiger partial charge in [-0.25, -0.2) is 0 Å². The maximum Gasteiger partial charge on any atom is 0.228 e. The first kappa shape index (κ1) is 16.6. The van der Waals surface area contributed by atoms with Gasteiger partial charge in [-0.15, -0.1) is 0 Å². The Balaban J connectivity index is 2.05. The lowest BCUT2D eigenvalue weighted by Gasteiger charge is -2.15. The summed E-state index contributed by atoms with van der Waals surface area (Å²) in [5.74, 6) is 1.54. The molecule has 2 N–H and O–H groups in total. The van der Waals surface area contributed by atoms with E-state index >= 15 is 0 Å². The Bertz CT molecular complexity index is 485. The van der Waals surface area contributed by atoms with Gasteiger partial charge in [0.1, 0.15) is 0 Å². The number of amides is 1. The summed E-state index contributed by atoms with van der Waals surface area (Å²) in [5.41, 5.74) is 0.756. The Kier molecular flexibility index (Phi) is 6.52. The molecular weight excluding hydrogens is 280 g/mol. The molecule has 0 spiro atoms. The molecule has 2 rings (SSSR count). The molecule has 5 nitrogen and oxygen atoms in total. The lowest BCUT2D eigenvalue weighted by Crippen LogP contribution is -2.24. The van der Waals surface area contributed by atoms with Crippen LogP contribution in [0.1, 0.15) is 33.1 Å². The number of rotatable bonds is 8. The average Bonchev–Trinajstić information content (AvgIpc) is 3.06. The minimum absolute atomic E-state index is 0.0519. The van der Waals surface area contributed by atoms with Crippen molar-refractivity contribution in [1.82, 2.24) is 5.32 Å². The van der Waals surface area contributed by atoms with Crippen molar-refractivity contribution < 1.29 is 14.3 Å². The third kappa shape index (κ3) is 4.63. The van der Waals surface area contributed by atoms with Crippen molar-refractivity contribution in [3.63, 3.8) is 0 Å². The van der Waals surface area contributed by atoms with Crippen LogP contribution in [-0.2, 0) is 4.79 Å². The van der Waals surface area contributed by atoms with Gasteiger partial charge in [-0.05, 0) is 37.9 Å². The fourth-order valence-electron chi connectivity index (χ4n) is 2.36. The molecule has 0 bridgehead atoms.